The Kier molecular flexibility index (Phi) is 6.56. The third-order valence-electron chi connectivity index (χ3n) is 3.97. The van der Waals surface area contributed by atoms with Gasteiger partial charge in [0, 0.05) is 5.41 Å². The predicted molar refractivity (Wildman–Crippen MR) is 97.9 cm³/mol. The molecule has 2 rings (SSSR count). The van der Waals surface area contributed by atoms with Crippen LogP contribution in [0.25, 0.3) is 0 Å². The van der Waals surface area contributed by atoms with Gasteiger partial charge in [0.05, 0.1) is 13.2 Å². The topological polar surface area (TPSA) is 29.5 Å². The van der Waals surface area contributed by atoms with E-state index in [-0.39, 0.29) is 11.4 Å². The minimum atomic E-state index is -0.174. The molecule has 3 heteroatoms. The fraction of sp³-hybridized carbons (Fsp3) is 0.381. The largest absolute Gasteiger partial charge is 0.464 e. The van der Waals surface area contributed by atoms with Crippen LogP contribution in [0.2, 0.25) is 0 Å². The lowest BCUT2D eigenvalue weighted by molar-refractivity contribution is -0.147. The molecule has 0 aromatic heterocycles. The number of ether oxygens (including phenoxy) is 1. The van der Waals surface area contributed by atoms with E-state index in [2.05, 4.69) is 55.5 Å². The van der Waals surface area contributed by atoms with Gasteiger partial charge in [-0.25, -0.2) is 0 Å². The van der Waals surface area contributed by atoms with Gasteiger partial charge in [0.1, 0.15) is 0 Å². The minimum Gasteiger partial charge on any atom is -0.464 e. The second-order valence-electron chi connectivity index (χ2n) is 7.03. The van der Waals surface area contributed by atoms with Crippen LogP contribution >= 0.6 is 0 Å². The standard InChI is InChI=1S/C21H27NO2/c1-21(14-18-10-6-4-7-11-18,15-19-12-8-5-9-13-19)17-24-20(23)16-22(2)3/h4-13H,14-17H2,1-3H3. The number of carbonyl (C=O) groups excluding carboxylic acids is 1. The van der Waals surface area contributed by atoms with Crippen LogP contribution in [0.1, 0.15) is 18.1 Å². The number of carbonyl (C=O) groups is 1. The van der Waals surface area contributed by atoms with Crippen molar-refractivity contribution in [3.63, 3.8) is 0 Å². The van der Waals surface area contributed by atoms with E-state index in [4.69, 9.17) is 4.74 Å². The third-order valence-corrected chi connectivity index (χ3v) is 3.97. The van der Waals surface area contributed by atoms with Crippen molar-refractivity contribution in [2.75, 3.05) is 27.2 Å². The number of likely N-dealkylation sites (N-methyl/N-ethyl adjacent to an activating group) is 1. The summed E-state index contributed by atoms with van der Waals surface area (Å²) in [4.78, 5) is 13.8. The zero-order valence-corrected chi connectivity index (χ0v) is 14.9. The Morgan fingerprint density at radius 3 is 1.79 bits per heavy atom. The van der Waals surface area contributed by atoms with Gasteiger partial charge in [-0.3, -0.25) is 9.69 Å². The summed E-state index contributed by atoms with van der Waals surface area (Å²) in [7, 11) is 3.74. The monoisotopic (exact) mass is 325 g/mol. The van der Waals surface area contributed by atoms with Gasteiger partial charge in [-0.05, 0) is 38.1 Å². The molecule has 128 valence electrons. The van der Waals surface area contributed by atoms with Gasteiger partial charge in [0.2, 0.25) is 0 Å². The van der Waals surface area contributed by atoms with Crippen LogP contribution in [-0.4, -0.2) is 38.1 Å². The van der Waals surface area contributed by atoms with E-state index in [1.54, 1.807) is 0 Å². The molecule has 0 atom stereocenters. The van der Waals surface area contributed by atoms with Crippen molar-refractivity contribution < 1.29 is 9.53 Å². The van der Waals surface area contributed by atoms with Crippen molar-refractivity contribution >= 4 is 5.97 Å². The van der Waals surface area contributed by atoms with E-state index >= 15 is 0 Å². The summed E-state index contributed by atoms with van der Waals surface area (Å²) in [5.41, 5.74) is 2.39. The quantitative estimate of drug-likeness (QED) is 0.695. The summed E-state index contributed by atoms with van der Waals surface area (Å²) in [5, 5.41) is 0. The van der Waals surface area contributed by atoms with E-state index in [9.17, 15) is 4.79 Å². The molecule has 24 heavy (non-hydrogen) atoms. The van der Waals surface area contributed by atoms with Crippen LogP contribution in [0, 0.1) is 5.41 Å². The molecule has 2 aromatic rings. The number of rotatable bonds is 8. The Morgan fingerprint density at radius 2 is 1.38 bits per heavy atom. The van der Waals surface area contributed by atoms with Gasteiger partial charge in [-0.2, -0.15) is 0 Å². The molecule has 0 fully saturated rings. The molecular weight excluding hydrogens is 298 g/mol. The van der Waals surface area contributed by atoms with E-state index < -0.39 is 0 Å². The third kappa shape index (κ3) is 6.17. The summed E-state index contributed by atoms with van der Waals surface area (Å²) in [5.74, 6) is -0.174. The molecule has 0 heterocycles. The Labute approximate surface area is 145 Å². The lowest BCUT2D eigenvalue weighted by Gasteiger charge is -2.30. The van der Waals surface area contributed by atoms with Crippen molar-refractivity contribution in [2.24, 2.45) is 5.41 Å². The van der Waals surface area contributed by atoms with E-state index in [1.807, 2.05) is 31.1 Å². The predicted octanol–water partition coefficient (Wildman–Crippen LogP) is 3.58. The molecule has 0 unspecified atom stereocenters. The van der Waals surface area contributed by atoms with E-state index in [0.29, 0.717) is 13.2 Å². The molecule has 2 aromatic carbocycles. The SMILES string of the molecule is CN(C)CC(=O)OCC(C)(Cc1ccccc1)Cc1ccccc1. The molecule has 0 amide bonds. The molecule has 0 saturated heterocycles. The summed E-state index contributed by atoms with van der Waals surface area (Å²) in [6.45, 7) is 2.92. The van der Waals surface area contributed by atoms with Gasteiger partial charge in [-0.1, -0.05) is 67.6 Å². The second-order valence-corrected chi connectivity index (χ2v) is 7.03. The Balaban J connectivity index is 2.09. The summed E-state index contributed by atoms with van der Waals surface area (Å²) < 4.78 is 5.58. The van der Waals surface area contributed by atoms with E-state index in [0.717, 1.165) is 12.8 Å². The normalized spacial score (nSPS) is 11.5. The van der Waals surface area contributed by atoms with Crippen LogP contribution in [0.15, 0.2) is 60.7 Å². The smallest absolute Gasteiger partial charge is 0.320 e. The first-order valence-corrected chi connectivity index (χ1v) is 8.35. The van der Waals surface area contributed by atoms with Gasteiger partial charge in [0.15, 0.2) is 0 Å². The fourth-order valence-electron chi connectivity index (χ4n) is 2.90. The fourth-order valence-corrected chi connectivity index (χ4v) is 2.90. The average Bonchev–Trinajstić information content (AvgIpc) is 2.54. The zero-order valence-electron chi connectivity index (χ0n) is 14.9. The average molecular weight is 325 g/mol. The van der Waals surface area contributed by atoms with Crippen molar-refractivity contribution in [3.8, 4) is 0 Å². The molecule has 0 spiro atoms. The minimum absolute atomic E-state index is 0.134. The van der Waals surface area contributed by atoms with Crippen molar-refractivity contribution in [1.29, 1.82) is 0 Å². The van der Waals surface area contributed by atoms with Gasteiger partial charge in [-0.15, -0.1) is 0 Å². The highest BCUT2D eigenvalue weighted by Crippen LogP contribution is 2.28. The van der Waals surface area contributed by atoms with E-state index in [1.165, 1.54) is 11.1 Å². The van der Waals surface area contributed by atoms with Crippen molar-refractivity contribution in [1.82, 2.24) is 4.90 Å². The maximum absolute atomic E-state index is 11.9. The van der Waals surface area contributed by atoms with Crippen LogP contribution in [0.3, 0.4) is 0 Å². The highest BCUT2D eigenvalue weighted by atomic mass is 16.5. The Bertz CT molecular complexity index is 581. The van der Waals surface area contributed by atoms with Crippen molar-refractivity contribution in [2.45, 2.75) is 19.8 Å². The lowest BCUT2D eigenvalue weighted by Crippen LogP contribution is -2.32. The first kappa shape index (κ1) is 18.2. The molecule has 0 radical (unpaired) electrons. The Hall–Kier alpha value is -2.13. The molecule has 0 aliphatic carbocycles. The summed E-state index contributed by atoms with van der Waals surface area (Å²) in [6, 6.07) is 20.8. The number of nitrogens with zero attached hydrogens (tertiary/aromatic N) is 1. The lowest BCUT2D eigenvalue weighted by atomic mass is 9.79. The molecule has 0 aliphatic heterocycles. The number of hydrogen-bond acceptors (Lipinski definition) is 3. The molecule has 0 N–H and O–H groups in total. The van der Waals surface area contributed by atoms with Crippen LogP contribution in [-0.2, 0) is 22.4 Å². The first-order chi connectivity index (χ1) is 11.5. The highest BCUT2D eigenvalue weighted by Gasteiger charge is 2.27. The van der Waals surface area contributed by atoms with Crippen LogP contribution < -0.4 is 0 Å². The van der Waals surface area contributed by atoms with Gasteiger partial charge < -0.3 is 4.74 Å². The molecule has 0 aliphatic rings. The van der Waals surface area contributed by atoms with Crippen molar-refractivity contribution in [3.05, 3.63) is 71.8 Å². The number of esters is 1. The zero-order chi connectivity index (χ0) is 17.4. The van der Waals surface area contributed by atoms with Gasteiger partial charge in [0.25, 0.3) is 0 Å². The molecule has 3 nitrogen and oxygen atoms in total. The number of hydrogen-bond donors (Lipinski definition) is 0. The maximum Gasteiger partial charge on any atom is 0.320 e. The number of benzene rings is 2. The van der Waals surface area contributed by atoms with Gasteiger partial charge >= 0.3 is 5.97 Å². The summed E-state index contributed by atoms with van der Waals surface area (Å²) >= 11 is 0. The Morgan fingerprint density at radius 1 is 0.917 bits per heavy atom. The van der Waals surface area contributed by atoms with Crippen LogP contribution in [0.4, 0.5) is 0 Å². The highest BCUT2D eigenvalue weighted by molar-refractivity contribution is 5.71. The summed E-state index contributed by atoms with van der Waals surface area (Å²) in [6.07, 6.45) is 1.75. The first-order valence-electron chi connectivity index (χ1n) is 8.35. The molecular formula is C21H27NO2. The van der Waals surface area contributed by atoms with Crippen LogP contribution in [0.5, 0.6) is 0 Å². The molecule has 0 bridgehead atoms. The maximum atomic E-state index is 11.9. The molecule has 0 saturated carbocycles. The second kappa shape index (κ2) is 8.65.